The summed E-state index contributed by atoms with van der Waals surface area (Å²) in [6, 6.07) is 0. The summed E-state index contributed by atoms with van der Waals surface area (Å²) in [5.41, 5.74) is 0. The second-order valence-electron chi connectivity index (χ2n) is 2.35. The van der Waals surface area contributed by atoms with E-state index in [-0.39, 0.29) is 0 Å². The molecule has 1 heterocycles. The molecule has 0 unspecified atom stereocenters. The first-order valence-electron chi connectivity index (χ1n) is 3.42. The lowest BCUT2D eigenvalue weighted by molar-refractivity contribution is -0.116. The molecule has 2 heteroatoms. The molecule has 1 aliphatic heterocycles. The van der Waals surface area contributed by atoms with Crippen molar-refractivity contribution in [3.05, 3.63) is 6.54 Å². The molecule has 0 amide bonds. The number of likely N-dealkylation sites (tertiary alicyclic amines) is 1. The molecule has 0 aromatic rings. The molecule has 1 saturated heterocycles. The molecule has 0 saturated carbocycles. The van der Waals surface area contributed by atoms with E-state index in [1.807, 2.05) is 0 Å². The van der Waals surface area contributed by atoms with Gasteiger partial charge in [-0.25, -0.2) is 0 Å². The minimum Gasteiger partial charge on any atom is -0.298 e. The highest BCUT2D eigenvalue weighted by Crippen LogP contribution is 2.06. The van der Waals surface area contributed by atoms with Gasteiger partial charge in [0.2, 0.25) is 0 Å². The van der Waals surface area contributed by atoms with Crippen molar-refractivity contribution in [1.29, 1.82) is 0 Å². The van der Waals surface area contributed by atoms with Crippen LogP contribution in [0.1, 0.15) is 19.8 Å². The van der Waals surface area contributed by atoms with Gasteiger partial charge in [-0.05, 0) is 6.42 Å². The van der Waals surface area contributed by atoms with Gasteiger partial charge in [0, 0.05) is 19.5 Å². The largest absolute Gasteiger partial charge is 0.298 e. The van der Waals surface area contributed by atoms with Crippen molar-refractivity contribution in [1.82, 2.24) is 4.90 Å². The first-order chi connectivity index (χ1) is 4.33. The molecule has 0 aromatic heterocycles. The minimum atomic E-state index is 0.375. The number of nitrogens with zero attached hydrogens (tertiary/aromatic N) is 1. The molecule has 1 aliphatic rings. The number of hydrogen-bond donors (Lipinski definition) is 0. The van der Waals surface area contributed by atoms with Gasteiger partial charge in [-0.3, -0.25) is 9.69 Å². The molecule has 0 aliphatic carbocycles. The van der Waals surface area contributed by atoms with Crippen LogP contribution in [-0.4, -0.2) is 23.8 Å². The van der Waals surface area contributed by atoms with Gasteiger partial charge >= 0.3 is 0 Å². The lowest BCUT2D eigenvalue weighted by atomic mass is 10.4. The first-order valence-corrected chi connectivity index (χ1v) is 3.42. The van der Waals surface area contributed by atoms with Gasteiger partial charge < -0.3 is 0 Å². The van der Waals surface area contributed by atoms with Crippen LogP contribution in [0.4, 0.5) is 0 Å². The van der Waals surface area contributed by atoms with E-state index in [4.69, 9.17) is 0 Å². The molecule has 0 N–H and O–H groups in total. The average Bonchev–Trinajstić information content (AvgIpc) is 2.17. The Labute approximate surface area is 55.8 Å². The lowest BCUT2D eigenvalue weighted by Gasteiger charge is -2.09. The zero-order chi connectivity index (χ0) is 6.69. The standard InChI is InChI=1S/C7H12NO/c1-2-4-8-5-3-7(9)6-8/h4H,2-3,5-6H2,1H3. The van der Waals surface area contributed by atoms with E-state index in [0.717, 1.165) is 19.4 Å². The highest BCUT2D eigenvalue weighted by molar-refractivity contribution is 5.82. The van der Waals surface area contributed by atoms with Gasteiger partial charge in [-0.1, -0.05) is 6.92 Å². The van der Waals surface area contributed by atoms with Crippen molar-refractivity contribution in [2.24, 2.45) is 0 Å². The van der Waals surface area contributed by atoms with E-state index in [1.54, 1.807) is 0 Å². The van der Waals surface area contributed by atoms with Crippen LogP contribution in [0, 0.1) is 6.54 Å². The summed E-state index contributed by atoms with van der Waals surface area (Å²) in [6.07, 6.45) is 1.78. The maximum Gasteiger partial charge on any atom is 0.148 e. The lowest BCUT2D eigenvalue weighted by Crippen LogP contribution is -2.16. The van der Waals surface area contributed by atoms with Gasteiger partial charge in [0.15, 0.2) is 0 Å². The Kier molecular flexibility index (Phi) is 2.22. The second-order valence-corrected chi connectivity index (χ2v) is 2.35. The molecule has 0 aromatic carbocycles. The predicted molar refractivity (Wildman–Crippen MR) is 35.8 cm³/mol. The van der Waals surface area contributed by atoms with Gasteiger partial charge in [-0.2, -0.15) is 0 Å². The van der Waals surface area contributed by atoms with E-state index in [0.29, 0.717) is 12.3 Å². The molecule has 0 bridgehead atoms. The Balaban J connectivity index is 2.22. The number of rotatable bonds is 2. The molecular formula is C7H12NO. The molecule has 0 atom stereocenters. The zero-order valence-electron chi connectivity index (χ0n) is 5.76. The fourth-order valence-corrected chi connectivity index (χ4v) is 1.07. The maximum atomic E-state index is 10.7. The summed E-state index contributed by atoms with van der Waals surface area (Å²) in [5, 5.41) is 0. The highest BCUT2D eigenvalue weighted by atomic mass is 16.1. The fourth-order valence-electron chi connectivity index (χ4n) is 1.07. The van der Waals surface area contributed by atoms with Gasteiger partial charge in [0.1, 0.15) is 5.78 Å². The zero-order valence-corrected chi connectivity index (χ0v) is 5.76. The monoisotopic (exact) mass is 126 g/mol. The fraction of sp³-hybridized carbons (Fsp3) is 0.714. The number of carbonyl (C=O) groups is 1. The highest BCUT2D eigenvalue weighted by Gasteiger charge is 2.17. The van der Waals surface area contributed by atoms with Crippen LogP contribution in [0.3, 0.4) is 0 Å². The molecule has 0 spiro atoms. The van der Waals surface area contributed by atoms with Gasteiger partial charge in [-0.15, -0.1) is 0 Å². The first kappa shape index (κ1) is 6.75. The number of carbonyl (C=O) groups excluding carboxylic acids is 1. The Hall–Kier alpha value is -0.370. The minimum absolute atomic E-state index is 0.375. The Morgan fingerprint density at radius 2 is 2.56 bits per heavy atom. The normalized spacial score (nSPS) is 21.2. The summed E-state index contributed by atoms with van der Waals surface area (Å²) in [7, 11) is 0. The topological polar surface area (TPSA) is 20.3 Å². The molecule has 9 heavy (non-hydrogen) atoms. The van der Waals surface area contributed by atoms with Crippen molar-refractivity contribution >= 4 is 5.78 Å². The number of ketones is 1. The number of Topliss-reactive ketones (excluding diaryl/α,β-unsaturated/α-hetero) is 1. The molecule has 1 fully saturated rings. The molecule has 1 rings (SSSR count). The van der Waals surface area contributed by atoms with Crippen molar-refractivity contribution in [2.45, 2.75) is 19.8 Å². The van der Waals surface area contributed by atoms with E-state index < -0.39 is 0 Å². The third kappa shape index (κ3) is 1.79. The number of hydrogen-bond acceptors (Lipinski definition) is 2. The van der Waals surface area contributed by atoms with Crippen LogP contribution in [-0.2, 0) is 4.79 Å². The SMILES string of the molecule is CC[CH]N1CCC(=O)C1. The summed E-state index contributed by atoms with van der Waals surface area (Å²) < 4.78 is 0. The second kappa shape index (κ2) is 2.97. The summed E-state index contributed by atoms with van der Waals surface area (Å²) in [4.78, 5) is 12.8. The van der Waals surface area contributed by atoms with Crippen LogP contribution < -0.4 is 0 Å². The van der Waals surface area contributed by atoms with E-state index >= 15 is 0 Å². The van der Waals surface area contributed by atoms with Crippen LogP contribution in [0.25, 0.3) is 0 Å². The smallest absolute Gasteiger partial charge is 0.148 e. The van der Waals surface area contributed by atoms with E-state index in [9.17, 15) is 4.79 Å². The van der Waals surface area contributed by atoms with Crippen molar-refractivity contribution in [3.8, 4) is 0 Å². The Morgan fingerprint density at radius 3 is 3.00 bits per heavy atom. The third-order valence-corrected chi connectivity index (χ3v) is 1.50. The molecule has 1 radical (unpaired) electrons. The summed E-state index contributed by atoms with van der Waals surface area (Å²) in [5.74, 6) is 0.375. The molecular weight excluding hydrogens is 114 g/mol. The van der Waals surface area contributed by atoms with E-state index in [1.165, 1.54) is 0 Å². The van der Waals surface area contributed by atoms with Gasteiger partial charge in [0.25, 0.3) is 0 Å². The molecule has 2 nitrogen and oxygen atoms in total. The van der Waals surface area contributed by atoms with Gasteiger partial charge in [0.05, 0.1) is 6.54 Å². The summed E-state index contributed by atoms with van der Waals surface area (Å²) in [6.45, 7) is 5.76. The predicted octanol–water partition coefficient (Wildman–Crippen LogP) is 0.833. The van der Waals surface area contributed by atoms with Crippen LogP contribution in [0.2, 0.25) is 0 Å². The van der Waals surface area contributed by atoms with Crippen molar-refractivity contribution < 1.29 is 4.79 Å². The van der Waals surface area contributed by atoms with Crippen molar-refractivity contribution in [2.75, 3.05) is 13.1 Å². The van der Waals surface area contributed by atoms with Crippen LogP contribution in [0.5, 0.6) is 0 Å². The van der Waals surface area contributed by atoms with Crippen molar-refractivity contribution in [3.63, 3.8) is 0 Å². The average molecular weight is 126 g/mol. The molecule has 51 valence electrons. The Morgan fingerprint density at radius 1 is 1.78 bits per heavy atom. The van der Waals surface area contributed by atoms with E-state index in [2.05, 4.69) is 18.4 Å². The quantitative estimate of drug-likeness (QED) is 0.546. The maximum absolute atomic E-state index is 10.7. The third-order valence-electron chi connectivity index (χ3n) is 1.50. The summed E-state index contributed by atoms with van der Waals surface area (Å²) >= 11 is 0. The Bertz CT molecular complexity index is 111. The van der Waals surface area contributed by atoms with Crippen LogP contribution in [0.15, 0.2) is 0 Å². The van der Waals surface area contributed by atoms with Crippen LogP contribution >= 0.6 is 0 Å².